The molecular weight excluding hydrogens is 815 g/mol. The first kappa shape index (κ1) is 39.6. The maximum Gasteiger partial charge on any atom is 0.0476 e. The van der Waals surface area contributed by atoms with Crippen LogP contribution >= 0.6 is 11.3 Å². The van der Waals surface area contributed by atoms with Gasteiger partial charge in [-0.25, -0.2) is 0 Å². The Bertz CT molecular complexity index is 3540. The number of benzene rings is 9. The Kier molecular flexibility index (Phi) is 8.78. The van der Waals surface area contributed by atoms with Gasteiger partial charge in [-0.1, -0.05) is 174 Å². The highest BCUT2D eigenvalue weighted by atomic mass is 32.1. The summed E-state index contributed by atoms with van der Waals surface area (Å²) in [5, 5.41) is 5.16. The number of fused-ring (bicyclic) bond motifs is 10. The van der Waals surface area contributed by atoms with E-state index in [0.29, 0.717) is 0 Å². The van der Waals surface area contributed by atoms with E-state index >= 15 is 0 Å². The Labute approximate surface area is 393 Å². The zero-order valence-corrected chi connectivity index (χ0v) is 39.1. The van der Waals surface area contributed by atoms with E-state index in [1.165, 1.54) is 108 Å². The van der Waals surface area contributed by atoms with Crippen molar-refractivity contribution in [2.75, 3.05) is 4.90 Å². The van der Waals surface area contributed by atoms with E-state index in [1.807, 2.05) is 11.3 Å². The Morgan fingerprint density at radius 1 is 0.379 bits per heavy atom. The molecule has 13 rings (SSSR count). The first-order chi connectivity index (χ1) is 32.1. The van der Waals surface area contributed by atoms with Gasteiger partial charge in [0.2, 0.25) is 0 Å². The molecular formula is C64H53NS. The van der Waals surface area contributed by atoms with E-state index in [0.717, 1.165) is 17.1 Å². The van der Waals surface area contributed by atoms with Gasteiger partial charge >= 0.3 is 0 Å². The fraction of sp³-hybridized carbons (Fsp3) is 0.188. The summed E-state index contributed by atoms with van der Waals surface area (Å²) in [5.41, 5.74) is 20.7. The van der Waals surface area contributed by atoms with Gasteiger partial charge in [-0.3, -0.25) is 0 Å². The van der Waals surface area contributed by atoms with E-state index in [2.05, 4.69) is 221 Å². The van der Waals surface area contributed by atoms with Crippen LogP contribution in [0.3, 0.4) is 0 Å². The van der Waals surface area contributed by atoms with Crippen LogP contribution in [0.4, 0.5) is 17.1 Å². The Balaban J connectivity index is 0.831. The van der Waals surface area contributed by atoms with Crippen LogP contribution in [0.5, 0.6) is 0 Å². The molecule has 0 N–H and O–H groups in total. The molecule has 0 bridgehead atoms. The number of nitrogens with zero attached hydrogens (tertiary/aromatic N) is 1. The number of hydrogen-bond donors (Lipinski definition) is 0. The second kappa shape index (κ2) is 14.6. The molecule has 3 aliphatic carbocycles. The van der Waals surface area contributed by atoms with Crippen molar-refractivity contribution in [3.8, 4) is 44.5 Å². The van der Waals surface area contributed by atoms with Crippen molar-refractivity contribution in [3.63, 3.8) is 0 Å². The van der Waals surface area contributed by atoms with Crippen molar-refractivity contribution in [1.29, 1.82) is 0 Å². The molecule has 1 spiro atoms. The van der Waals surface area contributed by atoms with Crippen LogP contribution in [0.25, 0.3) is 75.5 Å². The zero-order chi connectivity index (χ0) is 44.4. The lowest BCUT2D eigenvalue weighted by Crippen LogP contribution is -2.22. The molecule has 3 aliphatic rings. The molecule has 0 radical (unpaired) electrons. The van der Waals surface area contributed by atoms with Gasteiger partial charge in [0.15, 0.2) is 0 Å². The SMILES string of the molecule is CC1(C)CC(C)(C)c2cc3c(cc21)-c1ccc(-c2ccc(-c4ccc(N(c5ccc(-c6cccc7ccccc67)cc5)c5ccc6c(c5)sc5ccccc56)cc4)cc2)cc1C31CCCC1. The van der Waals surface area contributed by atoms with E-state index in [-0.39, 0.29) is 16.2 Å². The molecule has 1 aromatic heterocycles. The van der Waals surface area contributed by atoms with Gasteiger partial charge in [0, 0.05) is 42.6 Å². The molecule has 0 unspecified atom stereocenters. The van der Waals surface area contributed by atoms with E-state index < -0.39 is 0 Å². The fourth-order valence-electron chi connectivity index (χ4n) is 12.9. The molecule has 320 valence electrons. The maximum absolute atomic E-state index is 2.66. The van der Waals surface area contributed by atoms with Crippen molar-refractivity contribution in [1.82, 2.24) is 0 Å². The minimum Gasteiger partial charge on any atom is -0.310 e. The molecule has 1 nitrogen and oxygen atoms in total. The first-order valence-corrected chi connectivity index (χ1v) is 24.8. The fourth-order valence-corrected chi connectivity index (χ4v) is 14.0. The summed E-state index contributed by atoms with van der Waals surface area (Å²) < 4.78 is 2.62. The molecule has 1 heterocycles. The van der Waals surface area contributed by atoms with Gasteiger partial charge < -0.3 is 4.90 Å². The summed E-state index contributed by atoms with van der Waals surface area (Å²) in [6.45, 7) is 9.82. The molecule has 0 aliphatic heterocycles. The minimum atomic E-state index is 0.135. The predicted octanol–water partition coefficient (Wildman–Crippen LogP) is 18.5. The van der Waals surface area contributed by atoms with Crippen LogP contribution in [-0.2, 0) is 16.2 Å². The van der Waals surface area contributed by atoms with Crippen LogP contribution in [0, 0.1) is 0 Å². The zero-order valence-electron chi connectivity index (χ0n) is 38.3. The molecule has 1 saturated carbocycles. The van der Waals surface area contributed by atoms with Crippen LogP contribution in [0.15, 0.2) is 188 Å². The molecule has 0 saturated heterocycles. The monoisotopic (exact) mass is 867 g/mol. The maximum atomic E-state index is 2.66. The lowest BCUT2D eigenvalue weighted by Gasteiger charge is -2.29. The molecule has 2 heteroatoms. The standard InChI is InChI=1S/C64H53NS/c1-62(2)40-63(3,4)59-39-57-55(38-58(59)62)52-32-26-46(36-56(52)64(57)34-9-10-35-64)43-20-18-41(19-21-43)42-22-27-47(28-23-42)65(49-31-33-54-53-15-7-8-17-60(53)66-61(54)37-49)48-29-24-45(25-30-48)51-16-11-13-44-12-5-6-14-50(44)51/h5-8,11-33,36-39H,9-10,34-35,40H2,1-4H3. The first-order valence-electron chi connectivity index (χ1n) is 24.0. The van der Waals surface area contributed by atoms with Crippen molar-refractivity contribution in [3.05, 3.63) is 210 Å². The predicted molar refractivity (Wildman–Crippen MR) is 283 cm³/mol. The van der Waals surface area contributed by atoms with Gasteiger partial charge in [-0.05, 0) is 162 Å². The lowest BCUT2D eigenvalue weighted by molar-refractivity contribution is 0.403. The Morgan fingerprint density at radius 3 is 1.65 bits per heavy atom. The van der Waals surface area contributed by atoms with Gasteiger partial charge in [0.05, 0.1) is 0 Å². The molecule has 1 fully saturated rings. The third-order valence-electron chi connectivity index (χ3n) is 15.8. The quantitative estimate of drug-likeness (QED) is 0.161. The van der Waals surface area contributed by atoms with Crippen molar-refractivity contribution in [2.45, 2.75) is 76.0 Å². The molecule has 66 heavy (non-hydrogen) atoms. The van der Waals surface area contributed by atoms with Gasteiger partial charge in [-0.2, -0.15) is 0 Å². The average Bonchev–Trinajstić information content (AvgIpc) is 4.09. The van der Waals surface area contributed by atoms with E-state index in [4.69, 9.17) is 0 Å². The smallest absolute Gasteiger partial charge is 0.0476 e. The minimum absolute atomic E-state index is 0.135. The summed E-state index contributed by atoms with van der Waals surface area (Å²) in [6.07, 6.45) is 6.32. The summed E-state index contributed by atoms with van der Waals surface area (Å²) in [7, 11) is 0. The van der Waals surface area contributed by atoms with Crippen molar-refractivity contribution >= 4 is 59.3 Å². The van der Waals surface area contributed by atoms with Crippen LogP contribution < -0.4 is 4.90 Å². The highest BCUT2D eigenvalue weighted by Crippen LogP contribution is 2.61. The summed E-state index contributed by atoms with van der Waals surface area (Å²) in [6, 6.07) is 71.2. The summed E-state index contributed by atoms with van der Waals surface area (Å²) in [4.78, 5) is 2.41. The molecule has 0 atom stereocenters. The van der Waals surface area contributed by atoms with Crippen molar-refractivity contribution < 1.29 is 0 Å². The van der Waals surface area contributed by atoms with Gasteiger partial charge in [0.1, 0.15) is 0 Å². The highest BCUT2D eigenvalue weighted by Gasteiger charge is 2.49. The average molecular weight is 868 g/mol. The van der Waals surface area contributed by atoms with Gasteiger partial charge in [0.25, 0.3) is 0 Å². The second-order valence-electron chi connectivity index (χ2n) is 20.7. The Hall–Kier alpha value is -6.74. The van der Waals surface area contributed by atoms with Crippen LogP contribution in [0.2, 0.25) is 0 Å². The number of rotatable bonds is 6. The van der Waals surface area contributed by atoms with E-state index in [9.17, 15) is 0 Å². The largest absolute Gasteiger partial charge is 0.310 e. The molecule has 10 aromatic rings. The topological polar surface area (TPSA) is 3.24 Å². The summed E-state index contributed by atoms with van der Waals surface area (Å²) >= 11 is 1.87. The van der Waals surface area contributed by atoms with Crippen LogP contribution in [-0.4, -0.2) is 0 Å². The number of thiophene rings is 1. The highest BCUT2D eigenvalue weighted by molar-refractivity contribution is 7.25. The lowest BCUT2D eigenvalue weighted by atomic mass is 9.74. The van der Waals surface area contributed by atoms with Crippen molar-refractivity contribution in [2.24, 2.45) is 0 Å². The van der Waals surface area contributed by atoms with Crippen LogP contribution in [0.1, 0.15) is 82.1 Å². The third-order valence-corrected chi connectivity index (χ3v) is 17.0. The third kappa shape index (κ3) is 6.11. The number of anilines is 3. The molecule has 9 aromatic carbocycles. The molecule has 0 amide bonds. The van der Waals surface area contributed by atoms with E-state index in [1.54, 1.807) is 22.3 Å². The summed E-state index contributed by atoms with van der Waals surface area (Å²) in [5.74, 6) is 0. The Morgan fingerprint density at radius 2 is 0.924 bits per heavy atom. The normalized spacial score (nSPS) is 16.2. The number of hydrogen-bond acceptors (Lipinski definition) is 2. The second-order valence-corrected chi connectivity index (χ2v) is 21.8. The van der Waals surface area contributed by atoms with Gasteiger partial charge in [-0.15, -0.1) is 11.3 Å².